The minimum absolute atomic E-state index is 0.0592. The molecular weight excluding hydrogens is 185 g/mol. The van der Waals surface area contributed by atoms with Gasteiger partial charge in [0, 0.05) is 5.56 Å². The lowest BCUT2D eigenvalue weighted by Crippen LogP contribution is -2.08. The Kier molecular flexibility index (Phi) is 3.06. The summed E-state index contributed by atoms with van der Waals surface area (Å²) in [4.78, 5) is 10.9. The summed E-state index contributed by atoms with van der Waals surface area (Å²) in [5.41, 5.74) is 6.57. The van der Waals surface area contributed by atoms with Crippen molar-refractivity contribution >= 4 is 11.7 Å². The van der Waals surface area contributed by atoms with Crippen molar-refractivity contribution in [2.24, 2.45) is 0 Å². The highest BCUT2D eigenvalue weighted by atomic mass is 19.1. The van der Waals surface area contributed by atoms with Gasteiger partial charge in [-0.25, -0.2) is 4.39 Å². The highest BCUT2D eigenvalue weighted by Crippen LogP contribution is 2.18. The molecule has 0 aliphatic heterocycles. The van der Waals surface area contributed by atoms with Gasteiger partial charge in [-0.15, -0.1) is 0 Å². The molecule has 0 saturated carbocycles. The van der Waals surface area contributed by atoms with Crippen LogP contribution < -0.4 is 5.73 Å². The van der Waals surface area contributed by atoms with Crippen LogP contribution in [0.15, 0.2) is 12.1 Å². The Balaban J connectivity index is 3.02. The maximum Gasteiger partial charge on any atom is 0.310 e. The zero-order valence-electron chi connectivity index (χ0n) is 8.13. The Morgan fingerprint density at radius 3 is 2.79 bits per heavy atom. The van der Waals surface area contributed by atoms with E-state index in [-0.39, 0.29) is 17.7 Å². The molecule has 0 aliphatic carbocycles. The van der Waals surface area contributed by atoms with E-state index in [1.54, 1.807) is 13.0 Å². The highest BCUT2D eigenvalue weighted by molar-refractivity contribution is 5.73. The Morgan fingerprint density at radius 1 is 1.57 bits per heavy atom. The first-order chi connectivity index (χ1) is 6.54. The second kappa shape index (κ2) is 4.09. The molecule has 1 rings (SSSR count). The zero-order valence-corrected chi connectivity index (χ0v) is 8.13. The van der Waals surface area contributed by atoms with Crippen molar-refractivity contribution in [3.05, 3.63) is 29.1 Å². The van der Waals surface area contributed by atoms with Crippen molar-refractivity contribution < 1.29 is 13.9 Å². The fourth-order valence-electron chi connectivity index (χ4n) is 1.23. The zero-order chi connectivity index (χ0) is 10.7. The summed E-state index contributed by atoms with van der Waals surface area (Å²) < 4.78 is 17.8. The molecule has 0 aromatic heterocycles. The smallest absolute Gasteiger partial charge is 0.310 e. The largest absolute Gasteiger partial charge is 0.469 e. The molecular formula is C10H12FNO2. The molecule has 2 N–H and O–H groups in total. The molecule has 0 heterocycles. The van der Waals surface area contributed by atoms with Crippen LogP contribution in [0.3, 0.4) is 0 Å². The van der Waals surface area contributed by atoms with Gasteiger partial charge in [0.15, 0.2) is 0 Å². The van der Waals surface area contributed by atoms with Crippen LogP contribution in [-0.4, -0.2) is 13.1 Å². The molecule has 0 radical (unpaired) electrons. The number of benzene rings is 1. The number of hydrogen-bond donors (Lipinski definition) is 1. The molecule has 1 aromatic rings. The summed E-state index contributed by atoms with van der Waals surface area (Å²) in [6.45, 7) is 1.79. The van der Waals surface area contributed by atoms with Gasteiger partial charge in [-0.05, 0) is 18.6 Å². The molecule has 0 unspecified atom stereocenters. The SMILES string of the molecule is COC(=O)Cc1cc(C)cc(N)c1F. The topological polar surface area (TPSA) is 52.3 Å². The van der Waals surface area contributed by atoms with Gasteiger partial charge in [0.05, 0.1) is 19.2 Å². The van der Waals surface area contributed by atoms with E-state index in [1.165, 1.54) is 13.2 Å². The van der Waals surface area contributed by atoms with Crippen LogP contribution in [0.2, 0.25) is 0 Å². The molecule has 76 valence electrons. The molecule has 0 spiro atoms. The molecule has 4 heteroatoms. The van der Waals surface area contributed by atoms with E-state index in [1.807, 2.05) is 0 Å². The average Bonchev–Trinajstić information content (AvgIpc) is 2.13. The summed E-state index contributed by atoms with van der Waals surface area (Å²) in [6, 6.07) is 3.11. The minimum atomic E-state index is -0.541. The summed E-state index contributed by atoms with van der Waals surface area (Å²) in [5.74, 6) is -1.02. The van der Waals surface area contributed by atoms with E-state index < -0.39 is 11.8 Å². The van der Waals surface area contributed by atoms with Crippen molar-refractivity contribution in [3.63, 3.8) is 0 Å². The predicted molar refractivity (Wildman–Crippen MR) is 51.3 cm³/mol. The number of halogens is 1. The fraction of sp³-hybridized carbons (Fsp3) is 0.300. The number of hydrogen-bond acceptors (Lipinski definition) is 3. The van der Waals surface area contributed by atoms with Crippen LogP contribution in [-0.2, 0) is 16.0 Å². The monoisotopic (exact) mass is 197 g/mol. The van der Waals surface area contributed by atoms with Gasteiger partial charge >= 0.3 is 5.97 Å². The number of rotatable bonds is 2. The summed E-state index contributed by atoms with van der Waals surface area (Å²) in [7, 11) is 1.26. The van der Waals surface area contributed by atoms with E-state index in [0.717, 1.165) is 5.56 Å². The second-order valence-corrected chi connectivity index (χ2v) is 3.08. The molecule has 3 nitrogen and oxygen atoms in total. The molecule has 14 heavy (non-hydrogen) atoms. The number of carbonyl (C=O) groups is 1. The number of anilines is 1. The van der Waals surface area contributed by atoms with Gasteiger partial charge in [-0.3, -0.25) is 4.79 Å². The number of ether oxygens (including phenoxy) is 1. The van der Waals surface area contributed by atoms with E-state index in [2.05, 4.69) is 4.74 Å². The number of nitrogens with two attached hydrogens (primary N) is 1. The van der Waals surface area contributed by atoms with Crippen LogP contribution in [0.1, 0.15) is 11.1 Å². The number of carbonyl (C=O) groups excluding carboxylic acids is 1. The first-order valence-corrected chi connectivity index (χ1v) is 4.16. The van der Waals surface area contributed by atoms with Gasteiger partial charge < -0.3 is 10.5 Å². The first kappa shape index (κ1) is 10.5. The molecule has 0 fully saturated rings. The van der Waals surface area contributed by atoms with Gasteiger partial charge in [-0.1, -0.05) is 6.07 Å². The quantitative estimate of drug-likeness (QED) is 0.576. The van der Waals surface area contributed by atoms with Crippen LogP contribution in [0, 0.1) is 12.7 Å². The molecule has 0 atom stereocenters. The van der Waals surface area contributed by atoms with Crippen molar-refractivity contribution in [2.45, 2.75) is 13.3 Å². The summed E-state index contributed by atoms with van der Waals surface area (Å²) in [6.07, 6.45) is -0.0891. The number of esters is 1. The van der Waals surface area contributed by atoms with Crippen LogP contribution >= 0.6 is 0 Å². The van der Waals surface area contributed by atoms with Crippen LogP contribution in [0.4, 0.5) is 10.1 Å². The van der Waals surface area contributed by atoms with Crippen molar-refractivity contribution in [2.75, 3.05) is 12.8 Å². The second-order valence-electron chi connectivity index (χ2n) is 3.08. The Bertz CT molecular complexity index is 363. The Labute approximate surface area is 81.7 Å². The maximum absolute atomic E-state index is 13.3. The number of nitrogen functional groups attached to an aromatic ring is 1. The average molecular weight is 197 g/mol. The van der Waals surface area contributed by atoms with E-state index in [4.69, 9.17) is 5.73 Å². The first-order valence-electron chi connectivity index (χ1n) is 4.16. The number of aryl methyl sites for hydroxylation is 1. The van der Waals surface area contributed by atoms with E-state index in [9.17, 15) is 9.18 Å². The van der Waals surface area contributed by atoms with Gasteiger partial charge in [0.2, 0.25) is 0 Å². The van der Waals surface area contributed by atoms with Crippen molar-refractivity contribution in [1.29, 1.82) is 0 Å². The van der Waals surface area contributed by atoms with E-state index in [0.29, 0.717) is 0 Å². The highest BCUT2D eigenvalue weighted by Gasteiger charge is 2.11. The molecule has 0 bridgehead atoms. The van der Waals surface area contributed by atoms with Crippen molar-refractivity contribution in [1.82, 2.24) is 0 Å². The Hall–Kier alpha value is -1.58. The van der Waals surface area contributed by atoms with Gasteiger partial charge in [0.25, 0.3) is 0 Å². The van der Waals surface area contributed by atoms with Gasteiger partial charge in [-0.2, -0.15) is 0 Å². The standard InChI is InChI=1S/C10H12FNO2/c1-6-3-7(5-9(13)14-2)10(11)8(12)4-6/h3-4H,5,12H2,1-2H3. The minimum Gasteiger partial charge on any atom is -0.469 e. The third-order valence-corrected chi connectivity index (χ3v) is 1.88. The summed E-state index contributed by atoms with van der Waals surface area (Å²) >= 11 is 0. The van der Waals surface area contributed by atoms with Crippen LogP contribution in [0.25, 0.3) is 0 Å². The lowest BCUT2D eigenvalue weighted by molar-refractivity contribution is -0.139. The normalized spacial score (nSPS) is 9.93. The van der Waals surface area contributed by atoms with Crippen molar-refractivity contribution in [3.8, 4) is 0 Å². The van der Waals surface area contributed by atoms with E-state index >= 15 is 0 Å². The summed E-state index contributed by atoms with van der Waals surface area (Å²) in [5, 5.41) is 0. The molecule has 0 amide bonds. The Morgan fingerprint density at radius 2 is 2.21 bits per heavy atom. The lowest BCUT2D eigenvalue weighted by Gasteiger charge is -2.05. The van der Waals surface area contributed by atoms with Crippen LogP contribution in [0.5, 0.6) is 0 Å². The number of methoxy groups -OCH3 is 1. The third-order valence-electron chi connectivity index (χ3n) is 1.88. The van der Waals surface area contributed by atoms with Gasteiger partial charge in [0.1, 0.15) is 5.82 Å². The molecule has 1 aromatic carbocycles. The predicted octanol–water partition coefficient (Wildman–Crippen LogP) is 1.43. The lowest BCUT2D eigenvalue weighted by atomic mass is 10.1. The fourth-order valence-corrected chi connectivity index (χ4v) is 1.23. The molecule has 0 saturated heterocycles. The third kappa shape index (κ3) is 2.22. The molecule has 0 aliphatic rings. The maximum atomic E-state index is 13.3.